The van der Waals surface area contributed by atoms with Crippen LogP contribution in [0, 0.1) is 17.3 Å². The van der Waals surface area contributed by atoms with Crippen molar-refractivity contribution in [1.82, 2.24) is 0 Å². The molecule has 0 aromatic rings. The first-order valence-corrected chi connectivity index (χ1v) is 6.25. The maximum atomic E-state index is 11.5. The summed E-state index contributed by atoms with van der Waals surface area (Å²) in [5.41, 5.74) is 1.43. The number of hydrogen-bond donors (Lipinski definition) is 0. The first kappa shape index (κ1) is 10.5. The predicted octanol–water partition coefficient (Wildman–Crippen LogP) is 2.73. The number of Topliss-reactive ketones (excluding diaryl/α,β-unsaturated/α-hetero) is 1. The van der Waals surface area contributed by atoms with Gasteiger partial charge in [-0.3, -0.25) is 4.79 Å². The third-order valence-electron chi connectivity index (χ3n) is 4.76. The SMILES string of the molecule is CC(=O)C1C=C2C(C)(C)C[C@@H]3C[C@@H]3[C@]2(C)O1. The van der Waals surface area contributed by atoms with Crippen molar-refractivity contribution >= 4 is 5.78 Å². The fourth-order valence-electron chi connectivity index (χ4n) is 3.98. The molecule has 0 bridgehead atoms. The second kappa shape index (κ2) is 2.79. The second-order valence-electron chi connectivity index (χ2n) is 6.53. The Morgan fingerprint density at radius 3 is 2.75 bits per heavy atom. The lowest BCUT2D eigenvalue weighted by molar-refractivity contribution is -0.132. The van der Waals surface area contributed by atoms with E-state index in [1.807, 2.05) is 0 Å². The van der Waals surface area contributed by atoms with Gasteiger partial charge in [-0.25, -0.2) is 0 Å². The van der Waals surface area contributed by atoms with Crippen molar-refractivity contribution in [1.29, 1.82) is 0 Å². The summed E-state index contributed by atoms with van der Waals surface area (Å²) in [5, 5.41) is 0. The Labute approximate surface area is 97.1 Å². The molecule has 0 aromatic carbocycles. The highest BCUT2D eigenvalue weighted by molar-refractivity contribution is 5.83. The third-order valence-corrected chi connectivity index (χ3v) is 4.76. The number of hydrogen-bond acceptors (Lipinski definition) is 2. The van der Waals surface area contributed by atoms with Gasteiger partial charge in [-0.15, -0.1) is 0 Å². The Morgan fingerprint density at radius 2 is 2.12 bits per heavy atom. The summed E-state index contributed by atoms with van der Waals surface area (Å²) >= 11 is 0. The van der Waals surface area contributed by atoms with Crippen LogP contribution in [0.3, 0.4) is 0 Å². The molecule has 4 atom stereocenters. The van der Waals surface area contributed by atoms with Crippen molar-refractivity contribution in [2.75, 3.05) is 0 Å². The summed E-state index contributed by atoms with van der Waals surface area (Å²) in [6.07, 6.45) is 4.34. The molecule has 16 heavy (non-hydrogen) atoms. The lowest BCUT2D eigenvalue weighted by atomic mass is 9.66. The Balaban J connectivity index is 2.03. The number of carbonyl (C=O) groups is 1. The van der Waals surface area contributed by atoms with Gasteiger partial charge in [0.1, 0.15) is 6.10 Å². The molecule has 0 amide bonds. The molecule has 2 nitrogen and oxygen atoms in total. The lowest BCUT2D eigenvalue weighted by Crippen LogP contribution is -2.42. The minimum Gasteiger partial charge on any atom is -0.355 e. The fourth-order valence-corrected chi connectivity index (χ4v) is 3.98. The summed E-state index contributed by atoms with van der Waals surface area (Å²) in [7, 11) is 0. The second-order valence-corrected chi connectivity index (χ2v) is 6.53. The molecule has 0 spiro atoms. The largest absolute Gasteiger partial charge is 0.355 e. The van der Waals surface area contributed by atoms with Crippen LogP contribution in [-0.2, 0) is 9.53 Å². The van der Waals surface area contributed by atoms with E-state index in [-0.39, 0.29) is 22.9 Å². The van der Waals surface area contributed by atoms with Gasteiger partial charge in [-0.2, -0.15) is 0 Å². The normalized spacial score (nSPS) is 48.0. The van der Waals surface area contributed by atoms with E-state index in [2.05, 4.69) is 26.8 Å². The number of ketones is 1. The maximum absolute atomic E-state index is 11.5. The number of fused-ring (bicyclic) bond motifs is 3. The van der Waals surface area contributed by atoms with Crippen LogP contribution in [0.1, 0.15) is 40.5 Å². The molecule has 1 aliphatic heterocycles. The minimum absolute atomic E-state index is 0.135. The molecule has 2 heteroatoms. The summed E-state index contributed by atoms with van der Waals surface area (Å²) in [6.45, 7) is 8.39. The van der Waals surface area contributed by atoms with Crippen LogP contribution in [0.5, 0.6) is 0 Å². The Morgan fingerprint density at radius 1 is 1.44 bits per heavy atom. The monoisotopic (exact) mass is 220 g/mol. The van der Waals surface area contributed by atoms with Crippen LogP contribution in [0.25, 0.3) is 0 Å². The van der Waals surface area contributed by atoms with E-state index < -0.39 is 0 Å². The summed E-state index contributed by atoms with van der Waals surface area (Å²) in [5.74, 6) is 1.62. The Kier molecular flexibility index (Phi) is 1.83. The number of carbonyl (C=O) groups excluding carboxylic acids is 1. The molecule has 2 aliphatic carbocycles. The first-order valence-electron chi connectivity index (χ1n) is 6.25. The molecule has 0 N–H and O–H groups in total. The smallest absolute Gasteiger partial charge is 0.162 e. The van der Waals surface area contributed by atoms with E-state index in [1.165, 1.54) is 18.4 Å². The van der Waals surface area contributed by atoms with Gasteiger partial charge in [0.15, 0.2) is 5.78 Å². The molecule has 0 saturated heterocycles. The molecule has 2 saturated carbocycles. The van der Waals surface area contributed by atoms with Crippen molar-refractivity contribution in [2.45, 2.75) is 52.2 Å². The van der Waals surface area contributed by atoms with Crippen LogP contribution in [0.2, 0.25) is 0 Å². The zero-order valence-corrected chi connectivity index (χ0v) is 10.5. The van der Waals surface area contributed by atoms with Crippen molar-refractivity contribution in [3.8, 4) is 0 Å². The standard InChI is InChI=1S/C14H20O2/c1-8(15)11-6-12-13(2,3)7-9-5-10(9)14(12,4)16-11/h6,9-11H,5,7H2,1-4H3/t9-,10-,11?,14-/m0/s1. The fraction of sp³-hybridized carbons (Fsp3) is 0.786. The maximum Gasteiger partial charge on any atom is 0.162 e. The molecule has 1 heterocycles. The molecule has 0 radical (unpaired) electrons. The zero-order chi connectivity index (χ0) is 11.7. The molecule has 3 aliphatic rings. The van der Waals surface area contributed by atoms with Gasteiger partial charge in [0.25, 0.3) is 0 Å². The van der Waals surface area contributed by atoms with Crippen LogP contribution in [0.15, 0.2) is 11.6 Å². The van der Waals surface area contributed by atoms with Gasteiger partial charge in [-0.05, 0) is 55.6 Å². The highest BCUT2D eigenvalue weighted by Gasteiger charge is 2.63. The molecule has 3 rings (SSSR count). The van der Waals surface area contributed by atoms with Gasteiger partial charge in [0, 0.05) is 0 Å². The van der Waals surface area contributed by atoms with Crippen molar-refractivity contribution < 1.29 is 9.53 Å². The summed E-state index contributed by atoms with van der Waals surface area (Å²) in [4.78, 5) is 11.5. The minimum atomic E-state index is -0.293. The van der Waals surface area contributed by atoms with E-state index >= 15 is 0 Å². The number of ether oxygens (including phenoxy) is 1. The van der Waals surface area contributed by atoms with E-state index in [4.69, 9.17) is 4.74 Å². The summed E-state index contributed by atoms with van der Waals surface area (Å²) < 4.78 is 6.06. The van der Waals surface area contributed by atoms with Crippen LogP contribution < -0.4 is 0 Å². The van der Waals surface area contributed by atoms with E-state index in [0.717, 1.165) is 5.92 Å². The first-order chi connectivity index (χ1) is 7.34. The number of rotatable bonds is 1. The average Bonchev–Trinajstić information content (AvgIpc) is 2.79. The van der Waals surface area contributed by atoms with Gasteiger partial charge in [0.05, 0.1) is 5.60 Å². The van der Waals surface area contributed by atoms with Gasteiger partial charge in [0.2, 0.25) is 0 Å². The van der Waals surface area contributed by atoms with Crippen molar-refractivity contribution in [3.63, 3.8) is 0 Å². The quantitative estimate of drug-likeness (QED) is 0.635. The summed E-state index contributed by atoms with van der Waals surface area (Å²) in [6, 6.07) is 0. The molecule has 88 valence electrons. The Hall–Kier alpha value is -0.630. The van der Waals surface area contributed by atoms with Crippen molar-refractivity contribution in [3.05, 3.63) is 11.6 Å². The van der Waals surface area contributed by atoms with Gasteiger partial charge >= 0.3 is 0 Å². The van der Waals surface area contributed by atoms with Gasteiger partial charge in [-0.1, -0.05) is 13.8 Å². The predicted molar refractivity (Wildman–Crippen MR) is 62.0 cm³/mol. The van der Waals surface area contributed by atoms with Crippen LogP contribution >= 0.6 is 0 Å². The Bertz CT molecular complexity index is 394. The van der Waals surface area contributed by atoms with E-state index in [1.54, 1.807) is 6.92 Å². The topological polar surface area (TPSA) is 26.3 Å². The zero-order valence-electron chi connectivity index (χ0n) is 10.5. The molecular formula is C14H20O2. The lowest BCUT2D eigenvalue weighted by Gasteiger charge is -2.42. The van der Waals surface area contributed by atoms with Crippen LogP contribution in [-0.4, -0.2) is 17.5 Å². The van der Waals surface area contributed by atoms with Gasteiger partial charge < -0.3 is 4.74 Å². The van der Waals surface area contributed by atoms with E-state index in [0.29, 0.717) is 5.92 Å². The highest BCUT2D eigenvalue weighted by atomic mass is 16.5. The molecular weight excluding hydrogens is 200 g/mol. The molecule has 1 unspecified atom stereocenters. The van der Waals surface area contributed by atoms with E-state index in [9.17, 15) is 4.79 Å². The van der Waals surface area contributed by atoms with Crippen molar-refractivity contribution in [2.24, 2.45) is 17.3 Å². The average molecular weight is 220 g/mol. The highest BCUT2D eigenvalue weighted by Crippen LogP contribution is 2.65. The molecule has 2 fully saturated rings. The molecule has 0 aromatic heterocycles. The third kappa shape index (κ3) is 1.20. The van der Waals surface area contributed by atoms with Crippen LogP contribution in [0.4, 0.5) is 0 Å².